The molecule has 21 heavy (non-hydrogen) atoms. The molecule has 3 aliphatic heterocycles. The van der Waals surface area contributed by atoms with Gasteiger partial charge in [-0.15, -0.1) is 0 Å². The Morgan fingerprint density at radius 3 is 2.86 bits per heavy atom. The lowest BCUT2D eigenvalue weighted by molar-refractivity contribution is 0.0217. The third-order valence-electron chi connectivity index (χ3n) is 5.19. The van der Waals surface area contributed by atoms with E-state index in [4.69, 9.17) is 4.42 Å². The summed E-state index contributed by atoms with van der Waals surface area (Å²) in [5.41, 5.74) is 1.54. The van der Waals surface area contributed by atoms with E-state index in [0.29, 0.717) is 17.5 Å². The Labute approximate surface area is 124 Å². The molecule has 0 radical (unpaired) electrons. The summed E-state index contributed by atoms with van der Waals surface area (Å²) in [6, 6.07) is 8.22. The summed E-state index contributed by atoms with van der Waals surface area (Å²) in [5, 5.41) is 4.24. The number of hydrogen-bond acceptors (Lipinski definition) is 3. The van der Waals surface area contributed by atoms with Crippen LogP contribution >= 0.6 is 0 Å². The summed E-state index contributed by atoms with van der Waals surface area (Å²) in [5.74, 6) is 0.662. The van der Waals surface area contributed by atoms with E-state index in [1.165, 1.54) is 25.9 Å². The Kier molecular flexibility index (Phi) is 3.00. The fourth-order valence-electron chi connectivity index (χ4n) is 3.89. The fraction of sp³-hybridized carbons (Fsp3) is 0.471. The highest BCUT2D eigenvalue weighted by molar-refractivity contribution is 5.97. The van der Waals surface area contributed by atoms with Gasteiger partial charge in [0.05, 0.1) is 6.26 Å². The minimum Gasteiger partial charge on any atom is -0.464 e. The predicted octanol–water partition coefficient (Wildman–Crippen LogP) is 2.65. The van der Waals surface area contributed by atoms with Crippen molar-refractivity contribution >= 4 is 16.9 Å². The molecule has 2 atom stereocenters. The van der Waals surface area contributed by atoms with Crippen LogP contribution in [-0.4, -0.2) is 36.0 Å². The van der Waals surface area contributed by atoms with E-state index in [0.717, 1.165) is 11.0 Å². The van der Waals surface area contributed by atoms with Gasteiger partial charge in [-0.2, -0.15) is 0 Å². The van der Waals surface area contributed by atoms with Crippen molar-refractivity contribution in [2.75, 3.05) is 13.1 Å². The molecule has 4 nitrogen and oxygen atoms in total. The molecule has 110 valence electrons. The maximum atomic E-state index is 12.5. The van der Waals surface area contributed by atoms with Crippen LogP contribution in [0.1, 0.15) is 30.1 Å². The Hall–Kier alpha value is -1.81. The van der Waals surface area contributed by atoms with Crippen LogP contribution in [0.3, 0.4) is 0 Å². The van der Waals surface area contributed by atoms with Gasteiger partial charge in [-0.1, -0.05) is 0 Å². The molecular weight excluding hydrogens is 264 g/mol. The van der Waals surface area contributed by atoms with E-state index >= 15 is 0 Å². The number of nitrogens with one attached hydrogen (secondary N) is 1. The van der Waals surface area contributed by atoms with Crippen molar-refractivity contribution in [2.24, 2.45) is 5.92 Å². The van der Waals surface area contributed by atoms with Crippen molar-refractivity contribution in [1.29, 1.82) is 0 Å². The standard InChI is InChI=1S/C17H20N2O2/c1-11-16(12-4-7-19(11)8-5-12)18-17(20)14-2-3-15-13(10-14)6-9-21-15/h2-3,6,9-12,16H,4-5,7-8H2,1H3,(H,18,20)/t11-,16+/m1/s1. The molecule has 2 bridgehead atoms. The predicted molar refractivity (Wildman–Crippen MR) is 81.2 cm³/mol. The Morgan fingerprint density at radius 1 is 1.29 bits per heavy atom. The monoisotopic (exact) mass is 284 g/mol. The van der Waals surface area contributed by atoms with Crippen LogP contribution in [-0.2, 0) is 0 Å². The molecule has 1 amide bonds. The number of carbonyl (C=O) groups is 1. The molecule has 4 heteroatoms. The van der Waals surface area contributed by atoms with Crippen LogP contribution in [0.25, 0.3) is 11.0 Å². The van der Waals surface area contributed by atoms with Crippen molar-refractivity contribution in [1.82, 2.24) is 10.2 Å². The number of benzene rings is 1. The first-order valence-electron chi connectivity index (χ1n) is 7.74. The minimum absolute atomic E-state index is 0.0312. The second-order valence-corrected chi connectivity index (χ2v) is 6.29. The molecule has 0 aliphatic carbocycles. The zero-order chi connectivity index (χ0) is 14.4. The van der Waals surface area contributed by atoms with Crippen LogP contribution in [0.5, 0.6) is 0 Å². The third-order valence-corrected chi connectivity index (χ3v) is 5.19. The summed E-state index contributed by atoms with van der Waals surface area (Å²) < 4.78 is 5.32. The minimum atomic E-state index is 0.0312. The highest BCUT2D eigenvalue weighted by Crippen LogP contribution is 2.32. The highest BCUT2D eigenvalue weighted by Gasteiger charge is 2.40. The number of fused-ring (bicyclic) bond motifs is 4. The van der Waals surface area contributed by atoms with Gasteiger partial charge < -0.3 is 9.73 Å². The molecule has 0 saturated carbocycles. The van der Waals surface area contributed by atoms with Gasteiger partial charge in [0.15, 0.2) is 0 Å². The maximum absolute atomic E-state index is 12.5. The normalized spacial score (nSPS) is 31.5. The number of amides is 1. The lowest BCUT2D eigenvalue weighted by atomic mass is 9.79. The van der Waals surface area contributed by atoms with Crippen molar-refractivity contribution < 1.29 is 9.21 Å². The Morgan fingerprint density at radius 2 is 2.10 bits per heavy atom. The quantitative estimate of drug-likeness (QED) is 0.922. The molecule has 0 unspecified atom stereocenters. The molecular formula is C17H20N2O2. The van der Waals surface area contributed by atoms with E-state index < -0.39 is 0 Å². The Bertz CT molecular complexity index is 668. The van der Waals surface area contributed by atoms with Gasteiger partial charge in [0.1, 0.15) is 5.58 Å². The van der Waals surface area contributed by atoms with Crippen molar-refractivity contribution in [3.8, 4) is 0 Å². The summed E-state index contributed by atoms with van der Waals surface area (Å²) in [7, 11) is 0. The molecule has 1 aromatic heterocycles. The van der Waals surface area contributed by atoms with Crippen molar-refractivity contribution in [3.63, 3.8) is 0 Å². The summed E-state index contributed by atoms with van der Waals surface area (Å²) in [6.07, 6.45) is 4.06. The lowest BCUT2D eigenvalue weighted by Crippen LogP contribution is -2.62. The van der Waals surface area contributed by atoms with Gasteiger partial charge in [-0.25, -0.2) is 0 Å². The lowest BCUT2D eigenvalue weighted by Gasteiger charge is -2.49. The first-order chi connectivity index (χ1) is 10.2. The molecule has 3 saturated heterocycles. The molecule has 5 rings (SSSR count). The van der Waals surface area contributed by atoms with Gasteiger partial charge in [0, 0.05) is 23.0 Å². The number of rotatable bonds is 2. The first kappa shape index (κ1) is 12.9. The van der Waals surface area contributed by atoms with Crippen LogP contribution in [0, 0.1) is 5.92 Å². The number of carbonyl (C=O) groups excluding carboxylic acids is 1. The highest BCUT2D eigenvalue weighted by atomic mass is 16.3. The van der Waals surface area contributed by atoms with Gasteiger partial charge in [0.2, 0.25) is 0 Å². The van der Waals surface area contributed by atoms with Crippen molar-refractivity contribution in [2.45, 2.75) is 31.8 Å². The fourth-order valence-corrected chi connectivity index (χ4v) is 3.89. The molecule has 0 spiro atoms. The SMILES string of the molecule is C[C@@H]1[C@H](NC(=O)c2ccc3occc3c2)C2CCN1CC2. The first-order valence-corrected chi connectivity index (χ1v) is 7.74. The third kappa shape index (κ3) is 2.14. The average molecular weight is 284 g/mol. The molecule has 4 heterocycles. The summed E-state index contributed by atoms with van der Waals surface area (Å²) in [6.45, 7) is 4.59. The molecule has 3 aliphatic rings. The second-order valence-electron chi connectivity index (χ2n) is 6.29. The average Bonchev–Trinajstić information content (AvgIpc) is 2.98. The largest absolute Gasteiger partial charge is 0.464 e. The van der Waals surface area contributed by atoms with E-state index in [-0.39, 0.29) is 11.9 Å². The smallest absolute Gasteiger partial charge is 0.251 e. The van der Waals surface area contributed by atoms with Gasteiger partial charge in [0.25, 0.3) is 5.91 Å². The van der Waals surface area contributed by atoms with E-state index in [1.54, 1.807) is 6.26 Å². The number of nitrogens with zero attached hydrogens (tertiary/aromatic N) is 1. The van der Waals surface area contributed by atoms with E-state index in [9.17, 15) is 4.79 Å². The molecule has 2 aromatic rings. The molecule has 1 aromatic carbocycles. The van der Waals surface area contributed by atoms with Crippen LogP contribution in [0.4, 0.5) is 0 Å². The molecule has 3 fully saturated rings. The van der Waals surface area contributed by atoms with Crippen LogP contribution in [0.15, 0.2) is 34.9 Å². The zero-order valence-electron chi connectivity index (χ0n) is 12.2. The van der Waals surface area contributed by atoms with Crippen LogP contribution in [0.2, 0.25) is 0 Å². The van der Waals surface area contributed by atoms with Gasteiger partial charge in [-0.05, 0) is 63.0 Å². The van der Waals surface area contributed by atoms with Crippen LogP contribution < -0.4 is 5.32 Å². The Balaban J connectivity index is 1.54. The van der Waals surface area contributed by atoms with Crippen molar-refractivity contribution in [3.05, 3.63) is 36.1 Å². The topological polar surface area (TPSA) is 45.5 Å². The number of hydrogen-bond donors (Lipinski definition) is 1. The summed E-state index contributed by atoms with van der Waals surface area (Å²) >= 11 is 0. The maximum Gasteiger partial charge on any atom is 0.251 e. The summed E-state index contributed by atoms with van der Waals surface area (Å²) in [4.78, 5) is 15.0. The molecule has 1 N–H and O–H groups in total. The number of piperidine rings is 3. The zero-order valence-corrected chi connectivity index (χ0v) is 12.2. The number of furan rings is 1. The van der Waals surface area contributed by atoms with Gasteiger partial charge >= 0.3 is 0 Å². The van der Waals surface area contributed by atoms with E-state index in [2.05, 4.69) is 17.1 Å². The second kappa shape index (κ2) is 4.88. The van der Waals surface area contributed by atoms with E-state index in [1.807, 2.05) is 24.3 Å². The van der Waals surface area contributed by atoms with Gasteiger partial charge in [-0.3, -0.25) is 9.69 Å².